The zero-order valence-corrected chi connectivity index (χ0v) is 30.3. The van der Waals surface area contributed by atoms with Gasteiger partial charge in [-0.25, -0.2) is 0 Å². The Morgan fingerprint density at radius 1 is 0.357 bits per heavy atom. The molecule has 4 nitrogen and oxygen atoms in total. The largest absolute Gasteiger partial charge is 0.456 e. The molecule has 12 aromatic rings. The number of anilines is 3. The van der Waals surface area contributed by atoms with Gasteiger partial charge < -0.3 is 18.5 Å². The minimum Gasteiger partial charge on any atom is -0.456 e. The van der Waals surface area contributed by atoms with Gasteiger partial charge in [0.1, 0.15) is 11.2 Å². The van der Waals surface area contributed by atoms with Crippen LogP contribution in [0.5, 0.6) is 0 Å². The highest BCUT2D eigenvalue weighted by Gasteiger charge is 2.22. The highest BCUT2D eigenvalue weighted by Crippen LogP contribution is 2.45. The van der Waals surface area contributed by atoms with Crippen molar-refractivity contribution in [1.82, 2.24) is 9.13 Å². The highest BCUT2D eigenvalue weighted by atomic mass is 16.3. The molecule has 0 N–H and O–H groups in total. The Morgan fingerprint density at radius 2 is 0.964 bits per heavy atom. The summed E-state index contributed by atoms with van der Waals surface area (Å²) in [6, 6.07) is 72.0. The molecule has 0 fully saturated rings. The topological polar surface area (TPSA) is 26.2 Å². The van der Waals surface area contributed by atoms with Gasteiger partial charge in [0.15, 0.2) is 0 Å². The van der Waals surface area contributed by atoms with Crippen LogP contribution in [0, 0.1) is 0 Å². The van der Waals surface area contributed by atoms with Gasteiger partial charge >= 0.3 is 0 Å². The molecular weight excluding hydrogens is 683 g/mol. The molecule has 0 saturated heterocycles. The molecule has 4 heteroatoms. The number of para-hydroxylation sites is 4. The summed E-state index contributed by atoms with van der Waals surface area (Å²) in [7, 11) is 0. The number of rotatable bonds is 5. The summed E-state index contributed by atoms with van der Waals surface area (Å²) in [6.07, 6.45) is 0. The summed E-state index contributed by atoms with van der Waals surface area (Å²) in [4.78, 5) is 2.39. The van der Waals surface area contributed by atoms with Gasteiger partial charge in [-0.1, -0.05) is 115 Å². The van der Waals surface area contributed by atoms with E-state index in [1.54, 1.807) is 0 Å². The molecule has 0 aliphatic carbocycles. The van der Waals surface area contributed by atoms with Gasteiger partial charge in [0.05, 0.1) is 33.1 Å². The van der Waals surface area contributed by atoms with E-state index in [-0.39, 0.29) is 0 Å². The predicted octanol–water partition coefficient (Wildman–Crippen LogP) is 14.4. The SMILES string of the molecule is c1ccc(-n2c3ccccc3c3cc(N(c4ccc(-n5c6ccccc6c6ccc7ccccc7c65)cc4)c4cccc5oc6ccccc6c45)ccc32)cc1. The van der Waals surface area contributed by atoms with Gasteiger partial charge in [0.25, 0.3) is 0 Å². The Balaban J connectivity index is 1.10. The lowest BCUT2D eigenvalue weighted by molar-refractivity contribution is 0.669. The third kappa shape index (κ3) is 4.47. The molecule has 0 bridgehead atoms. The molecule has 0 atom stereocenters. The zero-order valence-electron chi connectivity index (χ0n) is 30.3. The fourth-order valence-corrected chi connectivity index (χ4v) is 9.07. The second-order valence-corrected chi connectivity index (χ2v) is 14.5. The molecule has 0 aliphatic heterocycles. The fraction of sp³-hybridized carbons (Fsp3) is 0. The van der Waals surface area contributed by atoms with Crippen molar-refractivity contribution < 1.29 is 4.42 Å². The molecule has 56 heavy (non-hydrogen) atoms. The predicted molar refractivity (Wildman–Crippen MR) is 235 cm³/mol. The summed E-state index contributed by atoms with van der Waals surface area (Å²) in [5.74, 6) is 0. The number of benzene rings is 9. The Labute approximate surface area is 322 Å². The van der Waals surface area contributed by atoms with Gasteiger partial charge in [0, 0.05) is 55.1 Å². The smallest absolute Gasteiger partial charge is 0.137 e. The molecule has 0 amide bonds. The van der Waals surface area contributed by atoms with E-state index in [1.165, 1.54) is 54.4 Å². The van der Waals surface area contributed by atoms with Crippen LogP contribution in [0.15, 0.2) is 205 Å². The quantitative estimate of drug-likeness (QED) is 0.177. The van der Waals surface area contributed by atoms with Crippen LogP contribution in [0.2, 0.25) is 0 Å². The third-order valence-corrected chi connectivity index (χ3v) is 11.5. The lowest BCUT2D eigenvalue weighted by Crippen LogP contribution is -2.10. The minimum absolute atomic E-state index is 0.865. The standard InChI is InChI=1S/C52H33N3O/c1-2-14-35(15-3-1)54-45-20-9-7-18-41(45)44-33-38(30-32-47(44)54)53(48-22-12-24-50-51(48)43-19-8-11-23-49(43)56-50)36-26-28-37(29-27-36)55-46-21-10-6-17-40(46)42-31-25-34-13-4-5-16-39(34)52(42)55/h1-33H. The van der Waals surface area contributed by atoms with Crippen molar-refractivity contribution in [3.05, 3.63) is 200 Å². The Hall–Kier alpha value is -7.56. The molecular formula is C52H33N3O. The van der Waals surface area contributed by atoms with E-state index >= 15 is 0 Å². The third-order valence-electron chi connectivity index (χ3n) is 11.5. The molecule has 0 saturated carbocycles. The Bertz CT molecular complexity index is 3480. The fourth-order valence-electron chi connectivity index (χ4n) is 9.07. The lowest BCUT2D eigenvalue weighted by Gasteiger charge is -2.27. The average molecular weight is 716 g/mol. The van der Waals surface area contributed by atoms with Gasteiger partial charge in [0.2, 0.25) is 0 Å². The number of furan rings is 1. The second kappa shape index (κ2) is 12.0. The maximum atomic E-state index is 6.45. The molecule has 262 valence electrons. The molecule has 9 aromatic carbocycles. The maximum absolute atomic E-state index is 6.45. The second-order valence-electron chi connectivity index (χ2n) is 14.5. The van der Waals surface area contributed by atoms with Crippen LogP contribution in [0.4, 0.5) is 17.1 Å². The molecule has 0 unspecified atom stereocenters. The van der Waals surface area contributed by atoms with E-state index in [0.717, 1.165) is 50.4 Å². The van der Waals surface area contributed by atoms with E-state index < -0.39 is 0 Å². The first-order valence-corrected chi connectivity index (χ1v) is 19.1. The first-order valence-electron chi connectivity index (χ1n) is 19.1. The van der Waals surface area contributed by atoms with E-state index in [0.29, 0.717) is 0 Å². The van der Waals surface area contributed by atoms with E-state index in [1.807, 2.05) is 6.07 Å². The molecule has 0 radical (unpaired) electrons. The number of aromatic nitrogens is 2. The van der Waals surface area contributed by atoms with Crippen LogP contribution in [-0.2, 0) is 0 Å². The van der Waals surface area contributed by atoms with Gasteiger partial charge in [-0.15, -0.1) is 0 Å². The van der Waals surface area contributed by atoms with Crippen molar-refractivity contribution in [3.63, 3.8) is 0 Å². The summed E-state index contributed by atoms with van der Waals surface area (Å²) in [5, 5.41) is 9.59. The van der Waals surface area contributed by atoms with Crippen LogP contribution in [-0.4, -0.2) is 9.13 Å². The highest BCUT2D eigenvalue weighted by molar-refractivity contribution is 6.19. The average Bonchev–Trinajstić information content (AvgIpc) is 3.93. The van der Waals surface area contributed by atoms with E-state index in [2.05, 4.69) is 208 Å². The summed E-state index contributed by atoms with van der Waals surface area (Å²) in [5.41, 5.74) is 12.0. The molecule has 12 rings (SSSR count). The van der Waals surface area contributed by atoms with Crippen molar-refractivity contribution in [2.75, 3.05) is 4.90 Å². The van der Waals surface area contributed by atoms with Crippen LogP contribution >= 0.6 is 0 Å². The Kier molecular flexibility index (Phi) is 6.60. The maximum Gasteiger partial charge on any atom is 0.137 e. The number of hydrogen-bond acceptors (Lipinski definition) is 2. The van der Waals surface area contributed by atoms with Crippen molar-refractivity contribution in [2.24, 2.45) is 0 Å². The van der Waals surface area contributed by atoms with Crippen molar-refractivity contribution >= 4 is 93.4 Å². The Morgan fingerprint density at radius 3 is 1.79 bits per heavy atom. The minimum atomic E-state index is 0.865. The molecule has 0 spiro atoms. The summed E-state index contributed by atoms with van der Waals surface area (Å²) < 4.78 is 11.2. The van der Waals surface area contributed by atoms with Gasteiger partial charge in [-0.2, -0.15) is 0 Å². The number of nitrogens with zero attached hydrogens (tertiary/aromatic N) is 3. The lowest BCUT2D eigenvalue weighted by atomic mass is 10.1. The zero-order chi connectivity index (χ0) is 36.7. The van der Waals surface area contributed by atoms with Crippen LogP contribution in [0.25, 0.3) is 87.7 Å². The normalized spacial score (nSPS) is 11.9. The van der Waals surface area contributed by atoms with Crippen LogP contribution in [0.1, 0.15) is 0 Å². The molecule has 0 aliphatic rings. The van der Waals surface area contributed by atoms with Crippen LogP contribution < -0.4 is 4.90 Å². The van der Waals surface area contributed by atoms with Crippen molar-refractivity contribution in [2.45, 2.75) is 0 Å². The van der Waals surface area contributed by atoms with Crippen molar-refractivity contribution in [3.8, 4) is 11.4 Å². The number of hydrogen-bond donors (Lipinski definition) is 0. The van der Waals surface area contributed by atoms with Crippen molar-refractivity contribution in [1.29, 1.82) is 0 Å². The van der Waals surface area contributed by atoms with E-state index in [9.17, 15) is 0 Å². The first kappa shape index (κ1) is 30.9. The monoisotopic (exact) mass is 715 g/mol. The molecule has 3 heterocycles. The summed E-state index contributed by atoms with van der Waals surface area (Å²) in [6.45, 7) is 0. The summed E-state index contributed by atoms with van der Waals surface area (Å²) >= 11 is 0. The van der Waals surface area contributed by atoms with Gasteiger partial charge in [-0.05, 0) is 90.3 Å². The number of fused-ring (bicyclic) bond motifs is 11. The molecule has 3 aromatic heterocycles. The van der Waals surface area contributed by atoms with Crippen LogP contribution in [0.3, 0.4) is 0 Å². The van der Waals surface area contributed by atoms with E-state index in [4.69, 9.17) is 4.42 Å². The van der Waals surface area contributed by atoms with Gasteiger partial charge in [-0.3, -0.25) is 0 Å². The first-order chi connectivity index (χ1) is 27.8.